The summed E-state index contributed by atoms with van der Waals surface area (Å²) in [5, 5.41) is 0. The Morgan fingerprint density at radius 2 is 1.32 bits per heavy atom. The lowest BCUT2D eigenvalue weighted by Gasteiger charge is -2.29. The summed E-state index contributed by atoms with van der Waals surface area (Å²) < 4.78 is 0. The molecule has 0 aromatic heterocycles. The number of hydrogen-bond donors (Lipinski definition) is 1. The van der Waals surface area contributed by atoms with Crippen LogP contribution in [0, 0.1) is 5.41 Å². The lowest BCUT2D eigenvalue weighted by Crippen LogP contribution is -2.26. The minimum atomic E-state index is 0.0312. The van der Waals surface area contributed by atoms with Crippen molar-refractivity contribution in [3.05, 3.63) is 94.6 Å². The van der Waals surface area contributed by atoms with E-state index in [1.54, 1.807) is 11.1 Å². The van der Waals surface area contributed by atoms with E-state index in [1.807, 2.05) is 0 Å². The first-order chi connectivity index (χ1) is 13.4. The number of allylic oxidation sites excluding steroid dienone is 3. The van der Waals surface area contributed by atoms with E-state index < -0.39 is 0 Å². The van der Waals surface area contributed by atoms with E-state index in [-0.39, 0.29) is 5.41 Å². The van der Waals surface area contributed by atoms with Gasteiger partial charge in [0.2, 0.25) is 0 Å². The average molecular weight is 374 g/mol. The lowest BCUT2D eigenvalue weighted by molar-refractivity contribution is 0.461. The summed E-state index contributed by atoms with van der Waals surface area (Å²) >= 11 is 0. The van der Waals surface area contributed by atoms with E-state index in [2.05, 4.69) is 94.4 Å². The second-order valence-corrected chi connectivity index (χ2v) is 9.02. The summed E-state index contributed by atoms with van der Waals surface area (Å²) in [6, 6.07) is 21.8. The molecule has 0 heterocycles. The fraction of sp³-hybridized carbons (Fsp3) is 0.407. The van der Waals surface area contributed by atoms with Crippen LogP contribution in [0.3, 0.4) is 0 Å². The summed E-state index contributed by atoms with van der Waals surface area (Å²) in [7, 11) is 0. The third-order valence-corrected chi connectivity index (χ3v) is 6.34. The van der Waals surface area contributed by atoms with Crippen LogP contribution in [0.2, 0.25) is 0 Å². The standard InChI is InChI=1S/C27H35N/c1-20(22-11-7-5-8-12-22)17-24-15-16-26(27(3,4)19-28)25(24)18-21(2)23-13-9-6-10-14-23/h5-14,16,20-21H,15,17-19,28H2,1-4H3. The van der Waals surface area contributed by atoms with Gasteiger partial charge in [-0.15, -0.1) is 0 Å². The van der Waals surface area contributed by atoms with Crippen LogP contribution in [-0.2, 0) is 0 Å². The van der Waals surface area contributed by atoms with E-state index in [9.17, 15) is 0 Å². The van der Waals surface area contributed by atoms with Crippen LogP contribution in [0.1, 0.15) is 69.9 Å². The second-order valence-electron chi connectivity index (χ2n) is 9.02. The maximum Gasteiger partial charge on any atom is 0.00187 e. The molecule has 0 saturated carbocycles. The van der Waals surface area contributed by atoms with Crippen molar-refractivity contribution in [1.82, 2.24) is 0 Å². The molecular weight excluding hydrogens is 338 g/mol. The average Bonchev–Trinajstić information content (AvgIpc) is 3.12. The zero-order valence-corrected chi connectivity index (χ0v) is 17.9. The van der Waals surface area contributed by atoms with E-state index in [1.165, 1.54) is 16.7 Å². The highest BCUT2D eigenvalue weighted by Gasteiger charge is 2.30. The van der Waals surface area contributed by atoms with Crippen LogP contribution < -0.4 is 5.73 Å². The first-order valence-electron chi connectivity index (χ1n) is 10.6. The van der Waals surface area contributed by atoms with Crippen LogP contribution in [0.25, 0.3) is 0 Å². The molecule has 0 amide bonds. The molecule has 1 aliphatic carbocycles. The SMILES string of the molecule is CC(CC1=C(CC(C)c2ccccc2)C(C(C)(C)CN)=CC1)c1ccccc1. The molecule has 1 nitrogen and oxygen atoms in total. The van der Waals surface area contributed by atoms with Crippen molar-refractivity contribution in [2.24, 2.45) is 11.1 Å². The third kappa shape index (κ3) is 4.64. The molecule has 3 rings (SSSR count). The van der Waals surface area contributed by atoms with E-state index in [4.69, 9.17) is 5.73 Å². The Hall–Kier alpha value is -2.12. The molecule has 2 unspecified atom stereocenters. The van der Waals surface area contributed by atoms with Gasteiger partial charge in [0.25, 0.3) is 0 Å². The van der Waals surface area contributed by atoms with Crippen LogP contribution >= 0.6 is 0 Å². The highest BCUT2D eigenvalue weighted by molar-refractivity contribution is 5.47. The molecule has 2 aromatic rings. The van der Waals surface area contributed by atoms with Gasteiger partial charge >= 0.3 is 0 Å². The lowest BCUT2D eigenvalue weighted by atomic mass is 9.77. The molecule has 0 fully saturated rings. The summed E-state index contributed by atoms with van der Waals surface area (Å²) in [6.45, 7) is 9.97. The number of nitrogens with two attached hydrogens (primary N) is 1. The monoisotopic (exact) mass is 373 g/mol. The molecule has 28 heavy (non-hydrogen) atoms. The second kappa shape index (κ2) is 8.92. The number of hydrogen-bond acceptors (Lipinski definition) is 1. The Kier molecular flexibility index (Phi) is 6.57. The zero-order chi connectivity index (χ0) is 20.1. The largest absolute Gasteiger partial charge is 0.330 e. The fourth-order valence-corrected chi connectivity index (χ4v) is 4.39. The van der Waals surface area contributed by atoms with E-state index in [0.29, 0.717) is 18.4 Å². The molecule has 1 heteroatoms. The minimum Gasteiger partial charge on any atom is -0.330 e. The maximum atomic E-state index is 6.16. The van der Waals surface area contributed by atoms with Gasteiger partial charge in [0.15, 0.2) is 0 Å². The van der Waals surface area contributed by atoms with Crippen molar-refractivity contribution in [1.29, 1.82) is 0 Å². The van der Waals surface area contributed by atoms with Gasteiger partial charge in [0.05, 0.1) is 0 Å². The van der Waals surface area contributed by atoms with Crippen molar-refractivity contribution in [3.8, 4) is 0 Å². The normalized spacial score (nSPS) is 16.8. The number of rotatable bonds is 8. The Morgan fingerprint density at radius 1 is 0.821 bits per heavy atom. The predicted octanol–water partition coefficient (Wildman–Crippen LogP) is 6.99. The summed E-state index contributed by atoms with van der Waals surface area (Å²) in [5.41, 5.74) is 13.7. The first kappa shape index (κ1) is 20.6. The van der Waals surface area contributed by atoms with Crippen LogP contribution in [0.4, 0.5) is 0 Å². The molecule has 148 valence electrons. The Balaban J connectivity index is 1.88. The van der Waals surface area contributed by atoms with Crippen LogP contribution in [-0.4, -0.2) is 6.54 Å². The van der Waals surface area contributed by atoms with Crippen molar-refractivity contribution in [2.45, 2.75) is 58.8 Å². The van der Waals surface area contributed by atoms with Gasteiger partial charge in [-0.2, -0.15) is 0 Å². The van der Waals surface area contributed by atoms with Gasteiger partial charge in [-0.3, -0.25) is 0 Å². The fourth-order valence-electron chi connectivity index (χ4n) is 4.39. The molecule has 2 atom stereocenters. The molecule has 0 spiro atoms. The molecule has 1 aliphatic rings. The Labute approximate surface area is 171 Å². The topological polar surface area (TPSA) is 26.0 Å². The molecule has 0 radical (unpaired) electrons. The van der Waals surface area contributed by atoms with Crippen molar-refractivity contribution in [2.75, 3.05) is 6.54 Å². The molecule has 2 aromatic carbocycles. The number of benzene rings is 2. The quantitative estimate of drug-likeness (QED) is 0.530. The summed E-state index contributed by atoms with van der Waals surface area (Å²) in [6.07, 6.45) is 5.75. The van der Waals surface area contributed by atoms with Gasteiger partial charge in [-0.05, 0) is 53.4 Å². The minimum absolute atomic E-state index is 0.0312. The highest BCUT2D eigenvalue weighted by Crippen LogP contribution is 2.45. The van der Waals surface area contributed by atoms with Gasteiger partial charge in [0.1, 0.15) is 0 Å². The Morgan fingerprint density at radius 3 is 1.82 bits per heavy atom. The van der Waals surface area contributed by atoms with Crippen molar-refractivity contribution >= 4 is 0 Å². The molecule has 0 bridgehead atoms. The molecular formula is C27H35N. The first-order valence-corrected chi connectivity index (χ1v) is 10.6. The van der Waals surface area contributed by atoms with E-state index >= 15 is 0 Å². The molecule has 2 N–H and O–H groups in total. The smallest absolute Gasteiger partial charge is 0.00187 e. The third-order valence-electron chi connectivity index (χ3n) is 6.34. The van der Waals surface area contributed by atoms with Crippen LogP contribution in [0.15, 0.2) is 83.5 Å². The predicted molar refractivity (Wildman–Crippen MR) is 122 cm³/mol. The summed E-state index contributed by atoms with van der Waals surface area (Å²) in [5.74, 6) is 1.04. The van der Waals surface area contributed by atoms with Crippen LogP contribution in [0.5, 0.6) is 0 Å². The zero-order valence-electron chi connectivity index (χ0n) is 17.9. The molecule has 0 aliphatic heterocycles. The van der Waals surface area contributed by atoms with Crippen molar-refractivity contribution < 1.29 is 0 Å². The van der Waals surface area contributed by atoms with E-state index in [0.717, 1.165) is 19.3 Å². The highest BCUT2D eigenvalue weighted by atomic mass is 14.6. The van der Waals surface area contributed by atoms with Gasteiger partial charge < -0.3 is 5.73 Å². The molecule has 0 saturated heterocycles. The maximum absolute atomic E-state index is 6.16. The van der Waals surface area contributed by atoms with Gasteiger partial charge in [-0.1, -0.05) is 100 Å². The Bertz CT molecular complexity index is 827. The summed E-state index contributed by atoms with van der Waals surface area (Å²) in [4.78, 5) is 0. The van der Waals surface area contributed by atoms with Gasteiger partial charge in [-0.25, -0.2) is 0 Å². The van der Waals surface area contributed by atoms with Crippen molar-refractivity contribution in [3.63, 3.8) is 0 Å². The van der Waals surface area contributed by atoms with Gasteiger partial charge in [0, 0.05) is 12.0 Å².